The summed E-state index contributed by atoms with van der Waals surface area (Å²) in [6, 6.07) is 2.58. The van der Waals surface area contributed by atoms with E-state index in [1.165, 1.54) is 30.3 Å². The Morgan fingerprint density at radius 1 is 1.40 bits per heavy atom. The fourth-order valence-corrected chi connectivity index (χ4v) is 1.56. The lowest BCUT2D eigenvalue weighted by atomic mass is 10.2. The summed E-state index contributed by atoms with van der Waals surface area (Å²) in [5.74, 6) is -1.92. The largest absolute Gasteiger partial charge is 0.477 e. The van der Waals surface area contributed by atoms with Crippen molar-refractivity contribution in [1.29, 1.82) is 0 Å². The normalized spacial score (nSPS) is 10.2. The van der Waals surface area contributed by atoms with Crippen LogP contribution >= 0.6 is 0 Å². The molecule has 2 N–H and O–H groups in total. The van der Waals surface area contributed by atoms with Gasteiger partial charge in [0.25, 0.3) is 5.91 Å². The molecule has 0 bridgehead atoms. The smallest absolute Gasteiger partial charge is 0.354 e. The Hall–Kier alpha value is -2.44. The maximum absolute atomic E-state index is 12.1. The summed E-state index contributed by atoms with van der Waals surface area (Å²) >= 11 is 0. The van der Waals surface area contributed by atoms with E-state index < -0.39 is 11.9 Å². The van der Waals surface area contributed by atoms with Crippen LogP contribution in [0.3, 0.4) is 0 Å². The third-order valence-corrected chi connectivity index (χ3v) is 2.40. The van der Waals surface area contributed by atoms with Crippen LogP contribution in [-0.2, 0) is 4.79 Å². The van der Waals surface area contributed by atoms with Crippen LogP contribution in [0.4, 0.5) is 0 Å². The third-order valence-electron chi connectivity index (χ3n) is 2.40. The number of aromatic nitrogens is 1. The van der Waals surface area contributed by atoms with Gasteiger partial charge in [-0.3, -0.25) is 9.59 Å². The Kier molecular flexibility index (Phi) is 5.19. The number of likely N-dealkylation sites (N-methyl/N-ethyl adjacent to an activating group) is 1. The molecule has 0 aliphatic rings. The van der Waals surface area contributed by atoms with Gasteiger partial charge in [-0.15, -0.1) is 0 Å². The van der Waals surface area contributed by atoms with Gasteiger partial charge in [-0.05, 0) is 26.0 Å². The van der Waals surface area contributed by atoms with Gasteiger partial charge < -0.3 is 15.3 Å². The summed E-state index contributed by atoms with van der Waals surface area (Å²) in [4.78, 5) is 39.3. The van der Waals surface area contributed by atoms with Crippen LogP contribution in [0.2, 0.25) is 0 Å². The Labute approximate surface area is 116 Å². The fraction of sp³-hybridized carbons (Fsp3) is 0.385. The van der Waals surface area contributed by atoms with Crippen LogP contribution in [0.1, 0.15) is 34.7 Å². The molecular weight excluding hydrogens is 262 g/mol. The monoisotopic (exact) mass is 279 g/mol. The number of carboxylic acids is 1. The van der Waals surface area contributed by atoms with Crippen molar-refractivity contribution in [2.45, 2.75) is 19.9 Å². The zero-order valence-corrected chi connectivity index (χ0v) is 11.6. The van der Waals surface area contributed by atoms with E-state index in [0.29, 0.717) is 0 Å². The number of nitrogens with zero attached hydrogens (tertiary/aromatic N) is 2. The molecule has 1 heterocycles. The second kappa shape index (κ2) is 6.65. The molecular formula is C13H17N3O4. The summed E-state index contributed by atoms with van der Waals surface area (Å²) in [5, 5.41) is 11.5. The molecule has 0 radical (unpaired) electrons. The minimum atomic E-state index is -1.21. The highest BCUT2D eigenvalue weighted by Crippen LogP contribution is 2.05. The summed E-state index contributed by atoms with van der Waals surface area (Å²) in [6.07, 6.45) is 1.25. The van der Waals surface area contributed by atoms with E-state index in [9.17, 15) is 14.4 Å². The summed E-state index contributed by atoms with van der Waals surface area (Å²) < 4.78 is 0. The van der Waals surface area contributed by atoms with Crippen molar-refractivity contribution < 1.29 is 19.5 Å². The van der Waals surface area contributed by atoms with Crippen LogP contribution in [0.25, 0.3) is 0 Å². The number of rotatable bonds is 5. The first kappa shape index (κ1) is 15.6. The summed E-state index contributed by atoms with van der Waals surface area (Å²) in [6.45, 7) is 3.55. The zero-order valence-electron chi connectivity index (χ0n) is 11.6. The van der Waals surface area contributed by atoms with Gasteiger partial charge in [-0.25, -0.2) is 9.78 Å². The predicted octanol–water partition coefficient (Wildman–Crippen LogP) is 0.376. The first-order chi connectivity index (χ1) is 9.31. The Balaban J connectivity index is 2.76. The lowest BCUT2D eigenvalue weighted by molar-refractivity contribution is -0.122. The van der Waals surface area contributed by atoms with Gasteiger partial charge in [0.15, 0.2) is 0 Å². The van der Waals surface area contributed by atoms with E-state index in [1.54, 1.807) is 0 Å². The molecule has 0 aliphatic heterocycles. The predicted molar refractivity (Wildman–Crippen MR) is 71.4 cm³/mol. The van der Waals surface area contributed by atoms with Crippen molar-refractivity contribution in [1.82, 2.24) is 15.2 Å². The molecule has 7 nitrogen and oxygen atoms in total. The van der Waals surface area contributed by atoms with Crippen molar-refractivity contribution in [3.8, 4) is 0 Å². The van der Waals surface area contributed by atoms with E-state index in [-0.39, 0.29) is 29.8 Å². The highest BCUT2D eigenvalue weighted by Gasteiger charge is 2.17. The van der Waals surface area contributed by atoms with E-state index in [0.717, 1.165) is 0 Å². The number of hydrogen-bond acceptors (Lipinski definition) is 4. The van der Waals surface area contributed by atoms with Gasteiger partial charge in [0.1, 0.15) is 5.69 Å². The summed E-state index contributed by atoms with van der Waals surface area (Å²) in [7, 11) is 1.48. The van der Waals surface area contributed by atoms with Crippen molar-refractivity contribution in [2.24, 2.45) is 0 Å². The van der Waals surface area contributed by atoms with Crippen LogP contribution in [0, 0.1) is 0 Å². The first-order valence-electron chi connectivity index (χ1n) is 6.05. The number of carboxylic acid groups (broad SMARTS) is 1. The van der Waals surface area contributed by atoms with Gasteiger partial charge >= 0.3 is 5.97 Å². The molecule has 2 amide bonds. The highest BCUT2D eigenvalue weighted by molar-refractivity contribution is 5.98. The number of hydrogen-bond donors (Lipinski definition) is 2. The first-order valence-corrected chi connectivity index (χ1v) is 6.05. The number of aromatic carboxylic acids is 1. The minimum absolute atomic E-state index is 0.00876. The second-order valence-corrected chi connectivity index (χ2v) is 4.62. The molecule has 0 unspecified atom stereocenters. The molecule has 0 saturated carbocycles. The molecule has 20 heavy (non-hydrogen) atoms. The molecule has 0 spiro atoms. The molecule has 0 aromatic carbocycles. The molecule has 108 valence electrons. The fourth-order valence-electron chi connectivity index (χ4n) is 1.56. The van der Waals surface area contributed by atoms with Crippen molar-refractivity contribution in [3.05, 3.63) is 29.6 Å². The molecule has 0 fully saturated rings. The Bertz CT molecular complexity index is 528. The van der Waals surface area contributed by atoms with E-state index >= 15 is 0 Å². The number of amides is 2. The molecule has 0 saturated heterocycles. The third kappa shape index (κ3) is 4.34. The SMILES string of the molecule is CC(C)NC(=O)CN(C)C(=O)c1ccnc(C(=O)O)c1. The van der Waals surface area contributed by atoms with Crippen molar-refractivity contribution in [3.63, 3.8) is 0 Å². The Morgan fingerprint density at radius 3 is 2.60 bits per heavy atom. The number of pyridine rings is 1. The van der Waals surface area contributed by atoms with E-state index in [2.05, 4.69) is 10.3 Å². The second-order valence-electron chi connectivity index (χ2n) is 4.62. The topological polar surface area (TPSA) is 99.6 Å². The van der Waals surface area contributed by atoms with Crippen molar-refractivity contribution >= 4 is 17.8 Å². The van der Waals surface area contributed by atoms with Crippen LogP contribution in [-0.4, -0.2) is 52.4 Å². The molecule has 1 aromatic heterocycles. The maximum Gasteiger partial charge on any atom is 0.354 e. The quantitative estimate of drug-likeness (QED) is 0.811. The zero-order chi connectivity index (χ0) is 15.3. The number of carbonyl (C=O) groups is 3. The van der Waals surface area contributed by atoms with Gasteiger partial charge in [-0.2, -0.15) is 0 Å². The highest BCUT2D eigenvalue weighted by atomic mass is 16.4. The molecule has 1 aromatic rings. The van der Waals surface area contributed by atoms with Gasteiger partial charge in [-0.1, -0.05) is 0 Å². The molecule has 0 aliphatic carbocycles. The van der Waals surface area contributed by atoms with Crippen molar-refractivity contribution in [2.75, 3.05) is 13.6 Å². The van der Waals surface area contributed by atoms with E-state index in [1.807, 2.05) is 13.8 Å². The number of nitrogens with one attached hydrogen (secondary N) is 1. The maximum atomic E-state index is 12.1. The standard InChI is InChI=1S/C13H17N3O4/c1-8(2)15-11(17)7-16(3)12(18)9-4-5-14-10(6-9)13(19)20/h4-6,8H,7H2,1-3H3,(H,15,17)(H,19,20). The van der Waals surface area contributed by atoms with Crippen LogP contribution in [0.5, 0.6) is 0 Å². The molecule has 1 rings (SSSR count). The lowest BCUT2D eigenvalue weighted by Gasteiger charge is -2.18. The van der Waals surface area contributed by atoms with Gasteiger partial charge in [0, 0.05) is 24.8 Å². The summed E-state index contributed by atoms with van der Waals surface area (Å²) in [5.41, 5.74) is -0.0341. The minimum Gasteiger partial charge on any atom is -0.477 e. The molecule has 7 heteroatoms. The molecule has 0 atom stereocenters. The average molecular weight is 279 g/mol. The van der Waals surface area contributed by atoms with Crippen LogP contribution < -0.4 is 5.32 Å². The van der Waals surface area contributed by atoms with Crippen LogP contribution in [0.15, 0.2) is 18.3 Å². The van der Waals surface area contributed by atoms with Gasteiger partial charge in [0.2, 0.25) is 5.91 Å². The lowest BCUT2D eigenvalue weighted by Crippen LogP contribution is -2.40. The average Bonchev–Trinajstić information content (AvgIpc) is 2.36. The van der Waals surface area contributed by atoms with Gasteiger partial charge in [0.05, 0.1) is 6.54 Å². The number of carbonyl (C=O) groups excluding carboxylic acids is 2. The Morgan fingerprint density at radius 2 is 2.05 bits per heavy atom. The van der Waals surface area contributed by atoms with E-state index in [4.69, 9.17) is 5.11 Å².